The summed E-state index contributed by atoms with van der Waals surface area (Å²) in [6.45, 7) is 2.90. The predicted molar refractivity (Wildman–Crippen MR) is 109 cm³/mol. The zero-order valence-corrected chi connectivity index (χ0v) is 15.7. The van der Waals surface area contributed by atoms with Gasteiger partial charge in [-0.15, -0.1) is 5.10 Å². The van der Waals surface area contributed by atoms with E-state index in [1.54, 1.807) is 12.4 Å². The molecule has 2 aromatic heterocycles. The Labute approximate surface area is 163 Å². The topological polar surface area (TPSA) is 52.8 Å². The zero-order chi connectivity index (χ0) is 18.9. The number of aromatic nitrogens is 4. The number of hydrogen-bond acceptors (Lipinski definition) is 4. The van der Waals surface area contributed by atoms with Crippen molar-refractivity contribution in [2.24, 2.45) is 0 Å². The Morgan fingerprint density at radius 3 is 2.71 bits per heavy atom. The Morgan fingerprint density at radius 1 is 1.04 bits per heavy atom. The lowest BCUT2D eigenvalue weighted by atomic mass is 10.1. The molecule has 0 saturated carbocycles. The van der Waals surface area contributed by atoms with Crippen molar-refractivity contribution < 1.29 is 4.74 Å². The molecule has 1 aliphatic heterocycles. The van der Waals surface area contributed by atoms with Crippen molar-refractivity contribution in [1.29, 1.82) is 0 Å². The molecule has 1 aliphatic rings. The van der Waals surface area contributed by atoms with E-state index < -0.39 is 0 Å². The minimum atomic E-state index is 0.666. The molecule has 5 rings (SSSR count). The molecule has 2 aromatic carbocycles. The molecular formula is C23H20N4O. The van der Waals surface area contributed by atoms with Crippen molar-refractivity contribution in [3.8, 4) is 34.2 Å². The van der Waals surface area contributed by atoms with E-state index in [4.69, 9.17) is 14.8 Å². The molecule has 0 fully saturated rings. The average molecular weight is 368 g/mol. The quantitative estimate of drug-likeness (QED) is 0.532. The third kappa shape index (κ3) is 2.95. The Kier molecular flexibility index (Phi) is 4.13. The van der Waals surface area contributed by atoms with Crippen LogP contribution in [0.1, 0.15) is 18.1 Å². The summed E-state index contributed by atoms with van der Waals surface area (Å²) >= 11 is 0. The summed E-state index contributed by atoms with van der Waals surface area (Å²) in [5.74, 6) is 2.45. The average Bonchev–Trinajstić information content (AvgIpc) is 3.41. The first-order valence-electron chi connectivity index (χ1n) is 9.54. The second kappa shape index (κ2) is 6.93. The monoisotopic (exact) mass is 368 g/mol. The smallest absolute Gasteiger partial charge is 0.183 e. The van der Waals surface area contributed by atoms with Crippen molar-refractivity contribution in [2.75, 3.05) is 6.61 Å². The van der Waals surface area contributed by atoms with Crippen molar-refractivity contribution >= 4 is 0 Å². The largest absolute Gasteiger partial charge is 0.493 e. The predicted octanol–water partition coefficient (Wildman–Crippen LogP) is 4.49. The molecule has 0 radical (unpaired) electrons. The van der Waals surface area contributed by atoms with Crippen LogP contribution in [0.3, 0.4) is 0 Å². The van der Waals surface area contributed by atoms with Gasteiger partial charge in [0.2, 0.25) is 0 Å². The molecule has 0 amide bonds. The van der Waals surface area contributed by atoms with Crippen LogP contribution < -0.4 is 4.74 Å². The van der Waals surface area contributed by atoms with Gasteiger partial charge < -0.3 is 4.74 Å². The highest BCUT2D eigenvalue weighted by Crippen LogP contribution is 2.31. The number of benzene rings is 2. The number of rotatable bonds is 4. The van der Waals surface area contributed by atoms with Crippen LogP contribution in [0.5, 0.6) is 5.75 Å². The maximum absolute atomic E-state index is 5.65. The molecule has 0 atom stereocenters. The number of nitrogens with zero attached hydrogens (tertiary/aromatic N) is 4. The lowest BCUT2D eigenvalue weighted by Gasteiger charge is -2.08. The second-order valence-electron chi connectivity index (χ2n) is 6.85. The Balaban J connectivity index is 1.66. The molecule has 28 heavy (non-hydrogen) atoms. The summed E-state index contributed by atoms with van der Waals surface area (Å²) in [4.78, 5) is 9.08. The SMILES string of the molecule is CCc1ccc(-n2nc(-c3cccnc3)nc2-c2ccc3c(c2)CCO3)cc1. The molecule has 5 nitrogen and oxygen atoms in total. The van der Waals surface area contributed by atoms with Gasteiger partial charge in [0.05, 0.1) is 12.3 Å². The van der Waals surface area contributed by atoms with Crippen LogP contribution in [0.2, 0.25) is 0 Å². The number of aryl methyl sites for hydroxylation is 1. The van der Waals surface area contributed by atoms with E-state index >= 15 is 0 Å². The maximum Gasteiger partial charge on any atom is 0.183 e. The van der Waals surface area contributed by atoms with Crippen LogP contribution in [0.4, 0.5) is 0 Å². The van der Waals surface area contributed by atoms with Crippen molar-refractivity contribution in [2.45, 2.75) is 19.8 Å². The van der Waals surface area contributed by atoms with Gasteiger partial charge in [0.15, 0.2) is 11.6 Å². The second-order valence-corrected chi connectivity index (χ2v) is 6.85. The first-order valence-corrected chi connectivity index (χ1v) is 9.54. The molecule has 0 unspecified atom stereocenters. The Hall–Kier alpha value is -3.47. The van der Waals surface area contributed by atoms with Gasteiger partial charge in [-0.2, -0.15) is 0 Å². The highest BCUT2D eigenvalue weighted by atomic mass is 16.5. The molecule has 0 N–H and O–H groups in total. The molecule has 0 aliphatic carbocycles. The van der Waals surface area contributed by atoms with Gasteiger partial charge in [0.25, 0.3) is 0 Å². The number of fused-ring (bicyclic) bond motifs is 1. The van der Waals surface area contributed by atoms with Gasteiger partial charge in [0.1, 0.15) is 5.75 Å². The summed E-state index contributed by atoms with van der Waals surface area (Å²) in [6.07, 6.45) is 5.49. The molecule has 0 saturated heterocycles. The third-order valence-corrected chi connectivity index (χ3v) is 5.06. The van der Waals surface area contributed by atoms with Gasteiger partial charge in [-0.3, -0.25) is 4.98 Å². The lowest BCUT2D eigenvalue weighted by Crippen LogP contribution is -2.00. The van der Waals surface area contributed by atoms with Crippen LogP contribution in [0, 0.1) is 0 Å². The van der Waals surface area contributed by atoms with E-state index in [0.29, 0.717) is 5.82 Å². The molecule has 5 heteroatoms. The third-order valence-electron chi connectivity index (χ3n) is 5.06. The Morgan fingerprint density at radius 2 is 1.93 bits per heavy atom. The fourth-order valence-electron chi connectivity index (χ4n) is 3.49. The van der Waals surface area contributed by atoms with Gasteiger partial charge in [-0.1, -0.05) is 19.1 Å². The van der Waals surface area contributed by atoms with Gasteiger partial charge in [0, 0.05) is 29.9 Å². The first-order chi connectivity index (χ1) is 13.8. The molecule has 0 bridgehead atoms. The van der Waals surface area contributed by atoms with Crippen LogP contribution in [0.15, 0.2) is 67.0 Å². The van der Waals surface area contributed by atoms with Gasteiger partial charge in [-0.05, 0) is 60.0 Å². The van der Waals surface area contributed by atoms with Crippen LogP contribution in [0.25, 0.3) is 28.5 Å². The Bertz CT molecular complexity index is 1120. The van der Waals surface area contributed by atoms with Crippen LogP contribution >= 0.6 is 0 Å². The molecule has 138 valence electrons. The maximum atomic E-state index is 5.65. The van der Waals surface area contributed by atoms with E-state index in [-0.39, 0.29) is 0 Å². The van der Waals surface area contributed by atoms with Gasteiger partial charge >= 0.3 is 0 Å². The van der Waals surface area contributed by atoms with E-state index in [0.717, 1.165) is 47.8 Å². The van der Waals surface area contributed by atoms with E-state index in [1.807, 2.05) is 22.9 Å². The van der Waals surface area contributed by atoms with E-state index in [2.05, 4.69) is 48.3 Å². The minimum Gasteiger partial charge on any atom is -0.493 e. The summed E-state index contributed by atoms with van der Waals surface area (Å²) in [5, 5.41) is 4.81. The molecule has 0 spiro atoms. The molecule has 4 aromatic rings. The number of pyridine rings is 1. The fourth-order valence-corrected chi connectivity index (χ4v) is 3.49. The summed E-state index contributed by atoms with van der Waals surface area (Å²) in [7, 11) is 0. The fraction of sp³-hybridized carbons (Fsp3) is 0.174. The summed E-state index contributed by atoms with van der Waals surface area (Å²) in [6, 6.07) is 18.6. The summed E-state index contributed by atoms with van der Waals surface area (Å²) < 4.78 is 7.57. The minimum absolute atomic E-state index is 0.666. The lowest BCUT2D eigenvalue weighted by molar-refractivity contribution is 0.357. The van der Waals surface area contributed by atoms with Crippen LogP contribution in [-0.4, -0.2) is 26.4 Å². The molecular weight excluding hydrogens is 348 g/mol. The van der Waals surface area contributed by atoms with Gasteiger partial charge in [-0.25, -0.2) is 9.67 Å². The van der Waals surface area contributed by atoms with Crippen molar-refractivity contribution in [1.82, 2.24) is 19.7 Å². The first kappa shape index (κ1) is 16.7. The zero-order valence-electron chi connectivity index (χ0n) is 15.7. The normalized spacial score (nSPS) is 12.6. The van der Waals surface area contributed by atoms with Crippen LogP contribution in [-0.2, 0) is 12.8 Å². The van der Waals surface area contributed by atoms with E-state index in [9.17, 15) is 0 Å². The van der Waals surface area contributed by atoms with Crippen molar-refractivity contribution in [3.05, 3.63) is 78.1 Å². The molecule has 3 heterocycles. The van der Waals surface area contributed by atoms with Crippen molar-refractivity contribution in [3.63, 3.8) is 0 Å². The standard InChI is InChI=1S/C23H20N4O/c1-2-16-5-8-20(9-6-16)27-23(18-7-10-21-17(14-18)11-13-28-21)25-22(26-27)19-4-3-12-24-15-19/h3-10,12,14-15H,2,11,13H2,1H3. The highest BCUT2D eigenvalue weighted by Gasteiger charge is 2.18. The number of ether oxygens (including phenoxy) is 1. The van der Waals surface area contributed by atoms with E-state index in [1.165, 1.54) is 11.1 Å². The number of hydrogen-bond donors (Lipinski definition) is 0. The highest BCUT2D eigenvalue weighted by molar-refractivity contribution is 5.65. The summed E-state index contributed by atoms with van der Waals surface area (Å²) in [5.41, 5.74) is 5.44.